The Labute approximate surface area is 156 Å². The fraction of sp³-hybridized carbons (Fsp3) is 0.632. The number of sulfonamides is 1. The van der Waals surface area contributed by atoms with E-state index >= 15 is 0 Å². The number of carbonyl (C=O) groups is 1. The molecule has 146 valence electrons. The normalized spacial score (nSPS) is 20.2. The molecule has 1 aliphatic carbocycles. The molecule has 1 aromatic rings. The predicted molar refractivity (Wildman–Crippen MR) is 102 cm³/mol. The lowest BCUT2D eigenvalue weighted by molar-refractivity contribution is 0.0926. The van der Waals surface area contributed by atoms with Gasteiger partial charge in [0.25, 0.3) is 5.91 Å². The van der Waals surface area contributed by atoms with Crippen LogP contribution in [0.25, 0.3) is 0 Å². The van der Waals surface area contributed by atoms with Crippen LogP contribution in [-0.2, 0) is 14.8 Å². The van der Waals surface area contributed by atoms with Crippen LogP contribution in [0.1, 0.15) is 55.8 Å². The Bertz CT molecular complexity index is 691. The Balaban J connectivity index is 2.03. The summed E-state index contributed by atoms with van der Waals surface area (Å²) in [6, 6.07) is 6.36. The Hall–Kier alpha value is -1.44. The van der Waals surface area contributed by atoms with Gasteiger partial charge >= 0.3 is 0 Å². The van der Waals surface area contributed by atoms with Crippen LogP contribution in [0.15, 0.2) is 29.2 Å². The summed E-state index contributed by atoms with van der Waals surface area (Å²) in [4.78, 5) is 12.7. The van der Waals surface area contributed by atoms with Crippen LogP contribution in [0.2, 0.25) is 0 Å². The van der Waals surface area contributed by atoms with Gasteiger partial charge in [-0.1, -0.05) is 32.3 Å². The number of hydrogen-bond acceptors (Lipinski definition) is 4. The standard InChI is InChI=1S/C19H30N2O4S/c1-3-4-7-15-8-6-11-18(15)21-19(22)16-9-5-10-17(14-16)26(23,24)20-12-13-25-2/h5,9-10,14-15,18,20H,3-4,6-8,11-13H2,1-2H3,(H,21,22). The van der Waals surface area contributed by atoms with Gasteiger partial charge in [0.1, 0.15) is 0 Å². The Morgan fingerprint density at radius 2 is 2.12 bits per heavy atom. The van der Waals surface area contributed by atoms with Crippen LogP contribution in [0.4, 0.5) is 0 Å². The minimum absolute atomic E-state index is 0.0928. The van der Waals surface area contributed by atoms with Crippen molar-refractivity contribution in [2.24, 2.45) is 5.92 Å². The van der Waals surface area contributed by atoms with E-state index in [-0.39, 0.29) is 23.4 Å². The van der Waals surface area contributed by atoms with E-state index in [9.17, 15) is 13.2 Å². The SMILES string of the molecule is CCCCC1CCCC1NC(=O)c1cccc(S(=O)(=O)NCCOC)c1. The largest absolute Gasteiger partial charge is 0.383 e. The summed E-state index contributed by atoms with van der Waals surface area (Å²) >= 11 is 0. The zero-order valence-electron chi connectivity index (χ0n) is 15.7. The number of rotatable bonds is 10. The summed E-state index contributed by atoms with van der Waals surface area (Å²) < 4.78 is 31.9. The van der Waals surface area contributed by atoms with Gasteiger partial charge < -0.3 is 10.1 Å². The molecule has 0 radical (unpaired) electrons. The molecule has 1 aromatic carbocycles. The third-order valence-corrected chi connectivity index (χ3v) is 6.37. The molecule has 0 heterocycles. The second-order valence-corrected chi connectivity index (χ2v) is 8.60. The first kappa shape index (κ1) is 20.9. The highest BCUT2D eigenvalue weighted by molar-refractivity contribution is 7.89. The molecule has 7 heteroatoms. The topological polar surface area (TPSA) is 84.5 Å². The third kappa shape index (κ3) is 5.79. The molecular formula is C19H30N2O4S. The van der Waals surface area contributed by atoms with Gasteiger partial charge in [0, 0.05) is 25.3 Å². The van der Waals surface area contributed by atoms with Crippen molar-refractivity contribution in [3.8, 4) is 0 Å². The van der Waals surface area contributed by atoms with E-state index in [0.29, 0.717) is 18.1 Å². The molecule has 2 unspecified atom stereocenters. The molecule has 1 fully saturated rings. The lowest BCUT2D eigenvalue weighted by Crippen LogP contribution is -2.37. The molecular weight excluding hydrogens is 352 g/mol. The van der Waals surface area contributed by atoms with Gasteiger partial charge in [0.2, 0.25) is 10.0 Å². The van der Waals surface area contributed by atoms with E-state index in [1.165, 1.54) is 25.7 Å². The third-order valence-electron chi connectivity index (χ3n) is 4.91. The summed E-state index contributed by atoms with van der Waals surface area (Å²) in [6.07, 6.45) is 6.76. The molecule has 2 N–H and O–H groups in total. The molecule has 1 aliphatic rings. The number of nitrogens with one attached hydrogen (secondary N) is 2. The van der Waals surface area contributed by atoms with Crippen molar-refractivity contribution in [3.63, 3.8) is 0 Å². The highest BCUT2D eigenvalue weighted by atomic mass is 32.2. The first-order valence-electron chi connectivity index (χ1n) is 9.37. The molecule has 1 amide bonds. The van der Waals surface area contributed by atoms with Gasteiger partial charge in [-0.2, -0.15) is 0 Å². The van der Waals surface area contributed by atoms with E-state index in [2.05, 4.69) is 17.0 Å². The molecule has 1 saturated carbocycles. The maximum atomic E-state index is 12.6. The van der Waals surface area contributed by atoms with E-state index in [1.807, 2.05) is 0 Å². The van der Waals surface area contributed by atoms with Crippen molar-refractivity contribution < 1.29 is 17.9 Å². The highest BCUT2D eigenvalue weighted by Crippen LogP contribution is 2.30. The Morgan fingerprint density at radius 3 is 2.85 bits per heavy atom. The van der Waals surface area contributed by atoms with Gasteiger partial charge in [0.15, 0.2) is 0 Å². The van der Waals surface area contributed by atoms with Crippen molar-refractivity contribution in [3.05, 3.63) is 29.8 Å². The predicted octanol–water partition coefficient (Wildman–Crippen LogP) is 2.70. The first-order chi connectivity index (χ1) is 12.5. The first-order valence-corrected chi connectivity index (χ1v) is 10.9. The zero-order valence-corrected chi connectivity index (χ0v) is 16.5. The average molecular weight is 383 g/mol. The zero-order chi connectivity index (χ0) is 19.0. The van der Waals surface area contributed by atoms with Crippen LogP contribution in [-0.4, -0.2) is 40.6 Å². The van der Waals surface area contributed by atoms with Crippen LogP contribution < -0.4 is 10.0 Å². The Kier molecular flexibility index (Phi) is 8.06. The van der Waals surface area contributed by atoms with Crippen LogP contribution in [0, 0.1) is 5.92 Å². The number of hydrogen-bond donors (Lipinski definition) is 2. The highest BCUT2D eigenvalue weighted by Gasteiger charge is 2.28. The summed E-state index contributed by atoms with van der Waals surface area (Å²) in [7, 11) is -2.14. The molecule has 0 spiro atoms. The van der Waals surface area contributed by atoms with Crippen molar-refractivity contribution in [1.29, 1.82) is 0 Å². The van der Waals surface area contributed by atoms with E-state index < -0.39 is 10.0 Å². The quantitative estimate of drug-likeness (QED) is 0.610. The molecule has 0 aromatic heterocycles. The fourth-order valence-electron chi connectivity index (χ4n) is 3.46. The van der Waals surface area contributed by atoms with Gasteiger partial charge in [-0.25, -0.2) is 13.1 Å². The number of benzene rings is 1. The number of unbranched alkanes of at least 4 members (excludes halogenated alkanes) is 1. The van der Waals surface area contributed by atoms with Gasteiger partial charge in [0.05, 0.1) is 11.5 Å². The monoisotopic (exact) mass is 382 g/mol. The fourth-order valence-corrected chi connectivity index (χ4v) is 4.51. The number of methoxy groups -OCH3 is 1. The maximum absolute atomic E-state index is 12.6. The van der Waals surface area contributed by atoms with E-state index in [4.69, 9.17) is 4.74 Å². The average Bonchev–Trinajstić information content (AvgIpc) is 3.07. The van der Waals surface area contributed by atoms with Crippen molar-refractivity contribution in [2.45, 2.75) is 56.4 Å². The van der Waals surface area contributed by atoms with Crippen molar-refractivity contribution >= 4 is 15.9 Å². The summed E-state index contributed by atoms with van der Waals surface area (Å²) in [5, 5.41) is 3.11. The molecule has 2 rings (SSSR count). The van der Waals surface area contributed by atoms with Crippen molar-refractivity contribution in [1.82, 2.24) is 10.0 Å². The molecule has 2 atom stereocenters. The van der Waals surface area contributed by atoms with Crippen LogP contribution in [0.5, 0.6) is 0 Å². The summed E-state index contributed by atoms with van der Waals surface area (Å²) in [5.74, 6) is 0.328. The molecule has 0 saturated heterocycles. The van der Waals surface area contributed by atoms with Crippen LogP contribution in [0.3, 0.4) is 0 Å². The Morgan fingerprint density at radius 1 is 1.31 bits per heavy atom. The smallest absolute Gasteiger partial charge is 0.251 e. The van der Waals surface area contributed by atoms with Gasteiger partial charge in [-0.3, -0.25) is 4.79 Å². The second kappa shape index (κ2) is 10.0. The molecule has 0 bridgehead atoms. The number of ether oxygens (including phenoxy) is 1. The van der Waals surface area contributed by atoms with E-state index in [0.717, 1.165) is 32.1 Å². The van der Waals surface area contributed by atoms with Crippen LogP contribution >= 0.6 is 0 Å². The van der Waals surface area contributed by atoms with Crippen molar-refractivity contribution in [2.75, 3.05) is 20.3 Å². The minimum atomic E-state index is -3.65. The van der Waals surface area contributed by atoms with E-state index in [1.54, 1.807) is 12.1 Å². The molecule has 0 aliphatic heterocycles. The summed E-state index contributed by atoms with van der Waals surface area (Å²) in [5.41, 5.74) is 0.376. The maximum Gasteiger partial charge on any atom is 0.251 e. The van der Waals surface area contributed by atoms with Gasteiger partial charge in [-0.15, -0.1) is 0 Å². The second-order valence-electron chi connectivity index (χ2n) is 6.83. The number of amides is 1. The minimum Gasteiger partial charge on any atom is -0.383 e. The number of carbonyl (C=O) groups excluding carboxylic acids is 1. The summed E-state index contributed by atoms with van der Waals surface area (Å²) in [6.45, 7) is 2.66. The van der Waals surface area contributed by atoms with Gasteiger partial charge in [-0.05, 0) is 43.4 Å². The lowest BCUT2D eigenvalue weighted by Gasteiger charge is -2.21. The lowest BCUT2D eigenvalue weighted by atomic mass is 9.96. The molecule has 6 nitrogen and oxygen atoms in total. The molecule has 26 heavy (non-hydrogen) atoms.